The van der Waals surface area contributed by atoms with E-state index in [4.69, 9.17) is 5.73 Å². The summed E-state index contributed by atoms with van der Waals surface area (Å²) in [4.78, 5) is 0. The molecule has 0 amide bonds. The molecule has 0 saturated heterocycles. The van der Waals surface area contributed by atoms with E-state index in [1.165, 1.54) is 11.1 Å². The van der Waals surface area contributed by atoms with E-state index in [-0.39, 0.29) is 0 Å². The van der Waals surface area contributed by atoms with Crippen molar-refractivity contribution >= 4 is 5.82 Å². The number of aromatic nitrogens is 2. The van der Waals surface area contributed by atoms with Crippen LogP contribution in [0.1, 0.15) is 16.8 Å². The van der Waals surface area contributed by atoms with E-state index in [0.29, 0.717) is 5.82 Å². The van der Waals surface area contributed by atoms with Crippen molar-refractivity contribution in [1.29, 1.82) is 0 Å². The summed E-state index contributed by atoms with van der Waals surface area (Å²) >= 11 is 0. The van der Waals surface area contributed by atoms with Gasteiger partial charge in [0, 0.05) is 5.56 Å². The summed E-state index contributed by atoms with van der Waals surface area (Å²) < 4.78 is 1.82. The molecule has 2 N–H and O–H groups in total. The lowest BCUT2D eigenvalue weighted by molar-refractivity contribution is 0.870. The fourth-order valence-electron chi connectivity index (χ4n) is 2.56. The van der Waals surface area contributed by atoms with Gasteiger partial charge in [-0.2, -0.15) is 5.10 Å². The third-order valence-electron chi connectivity index (χ3n) is 3.89. The van der Waals surface area contributed by atoms with E-state index in [2.05, 4.69) is 49.3 Å². The van der Waals surface area contributed by atoms with Crippen molar-refractivity contribution in [3.8, 4) is 16.8 Å². The first kappa shape index (κ1) is 13.4. The molecule has 2 aromatic carbocycles. The Labute approximate surface area is 125 Å². The molecular formula is C18H19N3. The zero-order valence-corrected chi connectivity index (χ0v) is 12.6. The topological polar surface area (TPSA) is 43.8 Å². The smallest absolute Gasteiger partial charge is 0.135 e. The molecule has 0 unspecified atom stereocenters. The Balaban J connectivity index is 2.16. The Morgan fingerprint density at radius 2 is 1.62 bits per heavy atom. The minimum absolute atomic E-state index is 0.682. The number of anilines is 1. The van der Waals surface area contributed by atoms with Gasteiger partial charge in [-0.05, 0) is 49.6 Å². The molecule has 0 spiro atoms. The number of hydrogen-bond donors (Lipinski definition) is 1. The van der Waals surface area contributed by atoms with Crippen molar-refractivity contribution in [2.24, 2.45) is 0 Å². The number of nitrogens with zero attached hydrogens (tertiary/aromatic N) is 2. The minimum Gasteiger partial charge on any atom is -0.383 e. The molecule has 1 aromatic heterocycles. The van der Waals surface area contributed by atoms with Crippen LogP contribution in [-0.4, -0.2) is 9.78 Å². The van der Waals surface area contributed by atoms with Crippen LogP contribution in [-0.2, 0) is 0 Å². The Kier molecular flexibility index (Phi) is 3.26. The summed E-state index contributed by atoms with van der Waals surface area (Å²) in [7, 11) is 0. The van der Waals surface area contributed by atoms with Gasteiger partial charge in [-0.15, -0.1) is 0 Å². The van der Waals surface area contributed by atoms with Crippen molar-refractivity contribution in [1.82, 2.24) is 9.78 Å². The van der Waals surface area contributed by atoms with Crippen molar-refractivity contribution in [2.45, 2.75) is 20.8 Å². The largest absolute Gasteiger partial charge is 0.383 e. The maximum Gasteiger partial charge on any atom is 0.135 e. The lowest BCUT2D eigenvalue weighted by Crippen LogP contribution is -2.03. The predicted molar refractivity (Wildman–Crippen MR) is 87.6 cm³/mol. The van der Waals surface area contributed by atoms with Crippen LogP contribution in [0, 0.1) is 20.8 Å². The molecule has 0 saturated carbocycles. The van der Waals surface area contributed by atoms with Crippen LogP contribution in [0.5, 0.6) is 0 Å². The summed E-state index contributed by atoms with van der Waals surface area (Å²) in [5, 5.41) is 4.62. The maximum atomic E-state index is 6.36. The summed E-state index contributed by atoms with van der Waals surface area (Å²) in [6, 6.07) is 16.4. The second-order valence-corrected chi connectivity index (χ2v) is 5.39. The van der Waals surface area contributed by atoms with Gasteiger partial charge in [0.2, 0.25) is 0 Å². The predicted octanol–water partition coefficient (Wildman–Crippen LogP) is 4.05. The minimum atomic E-state index is 0.682. The second-order valence-electron chi connectivity index (χ2n) is 5.39. The van der Waals surface area contributed by atoms with Crippen LogP contribution in [0.4, 0.5) is 5.82 Å². The molecule has 3 heteroatoms. The highest BCUT2D eigenvalue weighted by Gasteiger charge is 2.15. The first-order valence-electron chi connectivity index (χ1n) is 7.06. The molecule has 21 heavy (non-hydrogen) atoms. The lowest BCUT2D eigenvalue weighted by atomic mass is 10.1. The van der Waals surface area contributed by atoms with Crippen molar-refractivity contribution in [3.05, 3.63) is 65.4 Å². The van der Waals surface area contributed by atoms with E-state index in [1.807, 2.05) is 29.8 Å². The zero-order chi connectivity index (χ0) is 15.0. The summed E-state index contributed by atoms with van der Waals surface area (Å²) in [5.74, 6) is 0.682. The molecule has 0 aliphatic carbocycles. The van der Waals surface area contributed by atoms with E-state index in [0.717, 1.165) is 22.5 Å². The van der Waals surface area contributed by atoms with Crippen molar-refractivity contribution in [2.75, 3.05) is 5.73 Å². The average Bonchev–Trinajstić information content (AvgIpc) is 2.78. The van der Waals surface area contributed by atoms with Gasteiger partial charge in [-0.25, -0.2) is 4.68 Å². The molecule has 0 radical (unpaired) electrons. The number of nitrogen functional groups attached to an aromatic ring is 1. The number of rotatable bonds is 2. The molecular weight excluding hydrogens is 258 g/mol. The monoisotopic (exact) mass is 277 g/mol. The van der Waals surface area contributed by atoms with E-state index < -0.39 is 0 Å². The van der Waals surface area contributed by atoms with Gasteiger partial charge < -0.3 is 5.73 Å². The second kappa shape index (κ2) is 5.09. The van der Waals surface area contributed by atoms with Gasteiger partial charge in [-0.1, -0.05) is 36.4 Å². The van der Waals surface area contributed by atoms with E-state index in [9.17, 15) is 0 Å². The van der Waals surface area contributed by atoms with Crippen LogP contribution in [0.2, 0.25) is 0 Å². The number of nitrogens with two attached hydrogens (primary N) is 1. The Morgan fingerprint density at radius 3 is 2.29 bits per heavy atom. The number of benzene rings is 2. The third-order valence-corrected chi connectivity index (χ3v) is 3.89. The fourth-order valence-corrected chi connectivity index (χ4v) is 2.56. The first-order chi connectivity index (χ1) is 10.1. The quantitative estimate of drug-likeness (QED) is 0.768. The van der Waals surface area contributed by atoms with Crippen molar-refractivity contribution < 1.29 is 0 Å². The van der Waals surface area contributed by atoms with Gasteiger partial charge in [-0.3, -0.25) is 0 Å². The van der Waals surface area contributed by atoms with Crippen LogP contribution in [0.3, 0.4) is 0 Å². The van der Waals surface area contributed by atoms with Gasteiger partial charge in [0.15, 0.2) is 0 Å². The van der Waals surface area contributed by atoms with Gasteiger partial charge >= 0.3 is 0 Å². The molecule has 3 aromatic rings. The highest BCUT2D eigenvalue weighted by Crippen LogP contribution is 2.31. The van der Waals surface area contributed by atoms with Crippen LogP contribution in [0.15, 0.2) is 48.5 Å². The molecule has 1 heterocycles. The van der Waals surface area contributed by atoms with E-state index in [1.54, 1.807) is 0 Å². The molecule has 0 fully saturated rings. The van der Waals surface area contributed by atoms with Gasteiger partial charge in [0.1, 0.15) is 5.82 Å². The standard InChI is InChI=1S/C18H19N3/c1-12-9-10-16(11-13(12)2)21-18(19)17(14(3)20-21)15-7-5-4-6-8-15/h4-11H,19H2,1-3H3. The summed E-state index contributed by atoms with van der Waals surface area (Å²) in [6.07, 6.45) is 0. The molecule has 0 aliphatic rings. The highest BCUT2D eigenvalue weighted by atomic mass is 15.3. The fraction of sp³-hybridized carbons (Fsp3) is 0.167. The SMILES string of the molecule is Cc1ccc(-n2nc(C)c(-c3ccccc3)c2N)cc1C. The Hall–Kier alpha value is -2.55. The summed E-state index contributed by atoms with van der Waals surface area (Å²) in [6.45, 7) is 6.20. The van der Waals surface area contributed by atoms with Gasteiger partial charge in [0.25, 0.3) is 0 Å². The normalized spacial score (nSPS) is 10.8. The maximum absolute atomic E-state index is 6.36. The van der Waals surface area contributed by atoms with Crippen LogP contribution >= 0.6 is 0 Å². The Morgan fingerprint density at radius 1 is 0.905 bits per heavy atom. The lowest BCUT2D eigenvalue weighted by Gasteiger charge is -2.08. The van der Waals surface area contributed by atoms with Gasteiger partial charge in [0.05, 0.1) is 11.4 Å². The summed E-state index contributed by atoms with van der Waals surface area (Å²) in [5.41, 5.74) is 12.9. The average molecular weight is 277 g/mol. The highest BCUT2D eigenvalue weighted by molar-refractivity contribution is 5.77. The molecule has 106 valence electrons. The van der Waals surface area contributed by atoms with Crippen LogP contribution in [0.25, 0.3) is 16.8 Å². The Bertz CT molecular complexity index is 786. The van der Waals surface area contributed by atoms with E-state index >= 15 is 0 Å². The van der Waals surface area contributed by atoms with Crippen molar-refractivity contribution in [3.63, 3.8) is 0 Å². The molecule has 3 rings (SSSR count). The van der Waals surface area contributed by atoms with Crippen LogP contribution < -0.4 is 5.73 Å². The number of aryl methyl sites for hydroxylation is 3. The first-order valence-corrected chi connectivity index (χ1v) is 7.06. The molecule has 0 bridgehead atoms. The molecule has 3 nitrogen and oxygen atoms in total. The zero-order valence-electron chi connectivity index (χ0n) is 12.6. The molecule has 0 aliphatic heterocycles. The third kappa shape index (κ3) is 2.31. The number of hydrogen-bond acceptors (Lipinski definition) is 2. The molecule has 0 atom stereocenters.